The van der Waals surface area contributed by atoms with Gasteiger partial charge in [0.15, 0.2) is 23.5 Å². The summed E-state index contributed by atoms with van der Waals surface area (Å²) in [6.07, 6.45) is 0.270. The summed E-state index contributed by atoms with van der Waals surface area (Å²) in [5, 5.41) is 20.4. The average Bonchev–Trinajstić information content (AvgIpc) is 2.99. The van der Waals surface area contributed by atoms with Gasteiger partial charge in [-0.05, 0) is 61.7 Å². The van der Waals surface area contributed by atoms with Crippen molar-refractivity contribution < 1.29 is 33.6 Å². The first-order valence-corrected chi connectivity index (χ1v) is 14.7. The van der Waals surface area contributed by atoms with Crippen molar-refractivity contribution in [3.05, 3.63) is 98.2 Å². The molecule has 0 fully saturated rings. The molecule has 3 aromatic carbocycles. The van der Waals surface area contributed by atoms with E-state index in [0.717, 1.165) is 11.1 Å². The molecule has 0 aromatic heterocycles. The molecule has 3 aromatic rings. The number of hydrazone groups is 1. The highest BCUT2D eigenvalue weighted by Gasteiger charge is 2.32. The maximum absolute atomic E-state index is 12.4. The summed E-state index contributed by atoms with van der Waals surface area (Å²) in [6.45, 7) is 5.89. The van der Waals surface area contributed by atoms with Crippen LogP contribution in [0.2, 0.25) is 10.0 Å². The van der Waals surface area contributed by atoms with Crippen LogP contribution in [0.1, 0.15) is 42.1 Å². The van der Waals surface area contributed by atoms with E-state index in [1.807, 2.05) is 31.2 Å². The number of ether oxygens (including phenoxy) is 4. The number of methoxy groups -OCH3 is 1. The Bertz CT molecular complexity index is 1590. The first kappa shape index (κ1) is 33.4. The van der Waals surface area contributed by atoms with Crippen LogP contribution in [-0.4, -0.2) is 49.9 Å². The lowest BCUT2D eigenvalue weighted by molar-refractivity contribution is -0.136. The van der Waals surface area contributed by atoms with E-state index in [9.17, 15) is 14.7 Å². The smallest absolute Gasteiger partial charge is 0.337 e. The molecule has 0 unspecified atom stereocenters. The standard InChI is InChI=1S/C32H34Cl2N4O7/c1-5-43-26-14-22(29-28(31(40)42-4)19(3)36-32(41)37-29)9-10-25(26)44-17-27(39)38-35-15-21-12-23(33)30(24(34)13-21)45-16-20-8-6-7-18(2)11-20/h6-15,27,29,38-39H,5,16-17H2,1-4H3,(H2,36,37,41)/b35-15-/t27-,29-/m0/s1. The molecule has 0 radical (unpaired) electrons. The largest absolute Gasteiger partial charge is 0.490 e. The monoisotopic (exact) mass is 656 g/mol. The molecule has 4 N–H and O–H groups in total. The van der Waals surface area contributed by atoms with Gasteiger partial charge in [0.25, 0.3) is 0 Å². The Morgan fingerprint density at radius 1 is 1.07 bits per heavy atom. The Labute approximate surface area is 271 Å². The zero-order valence-corrected chi connectivity index (χ0v) is 26.7. The van der Waals surface area contributed by atoms with Crippen LogP contribution >= 0.6 is 23.2 Å². The van der Waals surface area contributed by atoms with Gasteiger partial charge in [0.2, 0.25) is 0 Å². The second-order valence-corrected chi connectivity index (χ2v) is 10.8. The number of carbonyl (C=O) groups excluding carboxylic acids is 2. The van der Waals surface area contributed by atoms with Crippen LogP contribution in [-0.2, 0) is 16.1 Å². The molecule has 0 bridgehead atoms. The quantitative estimate of drug-likeness (QED) is 0.0830. The van der Waals surface area contributed by atoms with Crippen molar-refractivity contribution in [2.75, 3.05) is 20.3 Å². The molecule has 0 saturated carbocycles. The van der Waals surface area contributed by atoms with Crippen molar-refractivity contribution >= 4 is 41.4 Å². The number of hydrogen-bond donors (Lipinski definition) is 4. The second-order valence-electron chi connectivity index (χ2n) is 10.0. The number of nitrogens with zero attached hydrogens (tertiary/aromatic N) is 1. The molecule has 1 heterocycles. The number of benzene rings is 3. The minimum Gasteiger partial charge on any atom is -0.490 e. The number of hydrogen-bond acceptors (Lipinski definition) is 9. The molecule has 2 atom stereocenters. The lowest BCUT2D eigenvalue weighted by Gasteiger charge is -2.28. The highest BCUT2D eigenvalue weighted by Crippen LogP contribution is 2.36. The molecule has 0 saturated heterocycles. The van der Waals surface area contributed by atoms with Crippen LogP contribution in [0.15, 0.2) is 71.0 Å². The van der Waals surface area contributed by atoms with Gasteiger partial charge in [-0.25, -0.2) is 9.59 Å². The van der Waals surface area contributed by atoms with Gasteiger partial charge in [-0.1, -0.05) is 59.1 Å². The number of allylic oxidation sites excluding steroid dienone is 1. The van der Waals surface area contributed by atoms with Crippen molar-refractivity contribution in [2.45, 2.75) is 39.6 Å². The van der Waals surface area contributed by atoms with Crippen molar-refractivity contribution in [3.63, 3.8) is 0 Å². The minimum absolute atomic E-state index is 0.180. The lowest BCUT2D eigenvalue weighted by Crippen LogP contribution is -2.45. The number of rotatable bonds is 13. The summed E-state index contributed by atoms with van der Waals surface area (Å²) in [6, 6.07) is 15.0. The topological polar surface area (TPSA) is 140 Å². The van der Waals surface area contributed by atoms with Crippen LogP contribution < -0.4 is 30.3 Å². The number of aliphatic hydroxyl groups excluding tert-OH is 1. The molecule has 4 rings (SSSR count). The Morgan fingerprint density at radius 3 is 2.51 bits per heavy atom. The van der Waals surface area contributed by atoms with E-state index in [1.165, 1.54) is 13.3 Å². The summed E-state index contributed by atoms with van der Waals surface area (Å²) >= 11 is 12.8. The average molecular weight is 658 g/mol. The van der Waals surface area contributed by atoms with Gasteiger partial charge >= 0.3 is 12.0 Å². The number of halogens is 2. The molecule has 2 amide bonds. The normalized spacial score (nSPS) is 15.3. The van der Waals surface area contributed by atoms with Gasteiger partial charge in [-0.2, -0.15) is 5.10 Å². The van der Waals surface area contributed by atoms with E-state index in [1.54, 1.807) is 44.2 Å². The van der Waals surface area contributed by atoms with Gasteiger partial charge in [-0.15, -0.1) is 0 Å². The summed E-state index contributed by atoms with van der Waals surface area (Å²) in [5.74, 6) is 0.481. The molecule has 1 aliphatic rings. The van der Waals surface area contributed by atoms with Crippen molar-refractivity contribution in [2.24, 2.45) is 5.10 Å². The number of nitrogens with one attached hydrogen (secondary N) is 3. The molecular formula is C32H34Cl2N4O7. The summed E-state index contributed by atoms with van der Waals surface area (Å²) in [5.41, 5.74) is 6.51. The SMILES string of the molecule is CCOc1cc([C@@H]2NC(=O)NC(C)=C2C(=O)OC)ccc1OC[C@H](O)N/N=C\c1cc(Cl)c(OCc2cccc(C)c2)c(Cl)c1. The fourth-order valence-corrected chi connectivity index (χ4v) is 5.18. The predicted molar refractivity (Wildman–Crippen MR) is 171 cm³/mol. The van der Waals surface area contributed by atoms with Gasteiger partial charge < -0.3 is 34.7 Å². The van der Waals surface area contributed by atoms with Crippen LogP contribution in [0.25, 0.3) is 0 Å². The molecule has 238 valence electrons. The maximum atomic E-state index is 12.4. The van der Waals surface area contributed by atoms with E-state index in [-0.39, 0.29) is 12.2 Å². The molecule has 0 aliphatic carbocycles. The Morgan fingerprint density at radius 2 is 1.82 bits per heavy atom. The van der Waals surface area contributed by atoms with Crippen LogP contribution in [0, 0.1) is 6.92 Å². The maximum Gasteiger partial charge on any atom is 0.337 e. The minimum atomic E-state index is -1.18. The Kier molecular flexibility index (Phi) is 11.5. The molecule has 0 spiro atoms. The number of aliphatic hydroxyl groups is 1. The lowest BCUT2D eigenvalue weighted by atomic mass is 9.95. The van der Waals surface area contributed by atoms with E-state index in [0.29, 0.717) is 57.3 Å². The fourth-order valence-electron chi connectivity index (χ4n) is 4.57. The van der Waals surface area contributed by atoms with Gasteiger partial charge in [0.1, 0.15) is 13.2 Å². The molecule has 13 heteroatoms. The number of carbonyl (C=O) groups is 2. The first-order valence-electron chi connectivity index (χ1n) is 14.0. The predicted octanol–water partition coefficient (Wildman–Crippen LogP) is 5.40. The Hall–Kier alpha value is -4.45. The van der Waals surface area contributed by atoms with Crippen LogP contribution in [0.4, 0.5) is 4.79 Å². The number of aryl methyl sites for hydroxylation is 1. The Balaban J connectivity index is 1.37. The van der Waals surface area contributed by atoms with E-state index >= 15 is 0 Å². The summed E-state index contributed by atoms with van der Waals surface area (Å²) in [7, 11) is 1.27. The van der Waals surface area contributed by atoms with E-state index in [2.05, 4.69) is 21.2 Å². The summed E-state index contributed by atoms with van der Waals surface area (Å²) < 4.78 is 22.3. The molecule has 45 heavy (non-hydrogen) atoms. The van der Waals surface area contributed by atoms with Gasteiger partial charge in [0.05, 0.1) is 41.6 Å². The zero-order valence-electron chi connectivity index (χ0n) is 25.1. The fraction of sp³-hybridized carbons (Fsp3) is 0.281. The third-order valence-corrected chi connectivity index (χ3v) is 7.16. The van der Waals surface area contributed by atoms with Crippen LogP contribution in [0.5, 0.6) is 17.2 Å². The molecule has 1 aliphatic heterocycles. The zero-order chi connectivity index (χ0) is 32.5. The third-order valence-electron chi connectivity index (χ3n) is 6.60. The highest BCUT2D eigenvalue weighted by atomic mass is 35.5. The second kappa shape index (κ2) is 15.5. The van der Waals surface area contributed by atoms with Gasteiger partial charge in [-0.3, -0.25) is 5.43 Å². The van der Waals surface area contributed by atoms with Crippen molar-refractivity contribution in [1.29, 1.82) is 0 Å². The third kappa shape index (κ3) is 8.81. The number of urea groups is 1. The number of amides is 2. The van der Waals surface area contributed by atoms with E-state index < -0.39 is 24.3 Å². The number of esters is 1. The molecule has 11 nitrogen and oxygen atoms in total. The highest BCUT2D eigenvalue weighted by molar-refractivity contribution is 6.37. The summed E-state index contributed by atoms with van der Waals surface area (Å²) in [4.78, 5) is 24.6. The van der Waals surface area contributed by atoms with Crippen molar-refractivity contribution in [1.82, 2.24) is 16.1 Å². The molecular weight excluding hydrogens is 623 g/mol. The first-order chi connectivity index (χ1) is 21.6. The van der Waals surface area contributed by atoms with E-state index in [4.69, 9.17) is 42.1 Å². The van der Waals surface area contributed by atoms with Crippen LogP contribution in [0.3, 0.4) is 0 Å². The van der Waals surface area contributed by atoms with Gasteiger partial charge in [0, 0.05) is 5.70 Å². The van der Waals surface area contributed by atoms with Crippen molar-refractivity contribution in [3.8, 4) is 17.2 Å².